The summed E-state index contributed by atoms with van der Waals surface area (Å²) < 4.78 is 9.85. The van der Waals surface area contributed by atoms with Crippen LogP contribution in [-0.2, 0) is 13.5 Å². The lowest BCUT2D eigenvalue weighted by atomic mass is 9.73. The van der Waals surface area contributed by atoms with E-state index in [4.69, 9.17) is 4.74 Å². The number of benzene rings is 1. The first kappa shape index (κ1) is 17.3. The minimum Gasteiger partial charge on any atom is -0.493 e. The van der Waals surface area contributed by atoms with Crippen molar-refractivity contribution in [2.45, 2.75) is 6.42 Å². The van der Waals surface area contributed by atoms with Crippen molar-refractivity contribution in [2.75, 3.05) is 19.7 Å². The van der Waals surface area contributed by atoms with Gasteiger partial charge in [-0.15, -0.1) is 10.2 Å². The van der Waals surface area contributed by atoms with Crippen LogP contribution < -0.4 is 4.74 Å². The number of aryl methyl sites for hydroxylation is 1. The number of nitrogens with zero attached hydrogens (tertiary/aromatic N) is 5. The Labute approximate surface area is 173 Å². The molecular weight excluding hydrogens is 378 g/mol. The number of carbonyl (C=O) groups is 1. The molecule has 0 radical (unpaired) electrons. The molecule has 150 valence electrons. The molecule has 0 unspecified atom stereocenters. The summed E-state index contributed by atoms with van der Waals surface area (Å²) in [6.45, 7) is 2.09. The highest BCUT2D eigenvalue weighted by molar-refractivity contribution is 5.95. The summed E-state index contributed by atoms with van der Waals surface area (Å²) in [4.78, 5) is 15.1. The second-order valence-electron chi connectivity index (χ2n) is 8.41. The van der Waals surface area contributed by atoms with Crippen LogP contribution >= 0.6 is 0 Å². The van der Waals surface area contributed by atoms with Gasteiger partial charge in [0.25, 0.3) is 5.91 Å². The highest BCUT2D eigenvalue weighted by Crippen LogP contribution is 2.41. The van der Waals surface area contributed by atoms with E-state index in [1.807, 2.05) is 75.8 Å². The Bertz CT molecular complexity index is 1280. The second kappa shape index (κ2) is 6.19. The molecule has 2 aliphatic heterocycles. The van der Waals surface area contributed by atoms with Gasteiger partial charge in [-0.2, -0.15) is 0 Å². The van der Waals surface area contributed by atoms with Crippen LogP contribution in [0.3, 0.4) is 0 Å². The molecule has 1 spiro atoms. The molecule has 30 heavy (non-hydrogen) atoms. The molecular formula is C23H21N5O2. The van der Waals surface area contributed by atoms with E-state index >= 15 is 0 Å². The fourth-order valence-electron chi connectivity index (χ4n) is 4.65. The molecule has 3 aromatic heterocycles. The van der Waals surface area contributed by atoms with E-state index in [0.29, 0.717) is 25.3 Å². The van der Waals surface area contributed by atoms with E-state index in [2.05, 4.69) is 16.3 Å². The third kappa shape index (κ3) is 2.55. The molecule has 0 atom stereocenters. The Morgan fingerprint density at radius 3 is 2.77 bits per heavy atom. The highest BCUT2D eigenvalue weighted by atomic mass is 16.5. The van der Waals surface area contributed by atoms with Crippen LogP contribution in [0.2, 0.25) is 0 Å². The van der Waals surface area contributed by atoms with Crippen LogP contribution in [0.15, 0.2) is 60.9 Å². The van der Waals surface area contributed by atoms with Crippen molar-refractivity contribution < 1.29 is 9.53 Å². The molecule has 0 aliphatic carbocycles. The average molecular weight is 399 g/mol. The number of carbonyl (C=O) groups excluding carboxylic acids is 1. The number of aromatic nitrogens is 4. The molecule has 0 N–H and O–H groups in total. The van der Waals surface area contributed by atoms with Gasteiger partial charge in [-0.25, -0.2) is 0 Å². The number of ether oxygens (including phenoxy) is 1. The van der Waals surface area contributed by atoms with Crippen molar-refractivity contribution in [3.63, 3.8) is 0 Å². The Balaban J connectivity index is 1.25. The van der Waals surface area contributed by atoms with Gasteiger partial charge in [0.05, 0.1) is 17.9 Å². The number of fused-ring (bicyclic) bond motifs is 2. The monoisotopic (exact) mass is 399 g/mol. The third-order valence-electron chi connectivity index (χ3n) is 6.23. The summed E-state index contributed by atoms with van der Waals surface area (Å²) in [5, 5.41) is 8.56. The molecule has 6 rings (SSSR count). The van der Waals surface area contributed by atoms with Crippen LogP contribution in [0.5, 0.6) is 5.75 Å². The van der Waals surface area contributed by atoms with Gasteiger partial charge in [-0.05, 0) is 42.3 Å². The number of likely N-dealkylation sites (tertiary alicyclic amines) is 1. The van der Waals surface area contributed by atoms with Crippen LogP contribution in [0.25, 0.3) is 17.2 Å². The van der Waals surface area contributed by atoms with Crippen molar-refractivity contribution >= 4 is 11.6 Å². The number of para-hydroxylation sites is 1. The maximum Gasteiger partial charge on any atom is 0.255 e. The molecule has 1 saturated heterocycles. The number of hydrogen-bond donors (Lipinski definition) is 0. The summed E-state index contributed by atoms with van der Waals surface area (Å²) in [5.74, 6) is 1.73. The van der Waals surface area contributed by atoms with Crippen molar-refractivity contribution in [1.82, 2.24) is 24.1 Å². The van der Waals surface area contributed by atoms with Gasteiger partial charge < -0.3 is 14.2 Å². The molecule has 4 aromatic rings. The second-order valence-corrected chi connectivity index (χ2v) is 8.41. The van der Waals surface area contributed by atoms with E-state index in [1.165, 1.54) is 5.56 Å². The topological polar surface area (TPSA) is 64.7 Å². The summed E-state index contributed by atoms with van der Waals surface area (Å²) in [5.41, 5.74) is 3.57. The zero-order chi connectivity index (χ0) is 20.3. The SMILES string of the molecule is Cn1cccc1-c1nnc2ccc(C(=O)N3CC4(COc5ccccc5C4)C3)cn12. The van der Waals surface area contributed by atoms with Crippen LogP contribution in [0.4, 0.5) is 0 Å². The Kier molecular flexibility index (Phi) is 3.56. The number of hydrogen-bond acceptors (Lipinski definition) is 4. The summed E-state index contributed by atoms with van der Waals surface area (Å²) in [7, 11) is 1.97. The Hall–Kier alpha value is -3.61. The molecule has 2 aliphatic rings. The van der Waals surface area contributed by atoms with Gasteiger partial charge in [0.1, 0.15) is 5.75 Å². The zero-order valence-electron chi connectivity index (χ0n) is 16.7. The first-order valence-corrected chi connectivity index (χ1v) is 10.1. The lowest BCUT2D eigenvalue weighted by Gasteiger charge is -2.51. The van der Waals surface area contributed by atoms with Crippen molar-refractivity contribution in [2.24, 2.45) is 12.5 Å². The van der Waals surface area contributed by atoms with E-state index in [9.17, 15) is 4.79 Å². The summed E-state index contributed by atoms with van der Waals surface area (Å²) in [6.07, 6.45) is 4.77. The maximum atomic E-state index is 13.2. The van der Waals surface area contributed by atoms with Crippen LogP contribution in [0, 0.1) is 5.41 Å². The van der Waals surface area contributed by atoms with Gasteiger partial charge >= 0.3 is 0 Å². The average Bonchev–Trinajstić information content (AvgIpc) is 3.36. The fourth-order valence-corrected chi connectivity index (χ4v) is 4.65. The van der Waals surface area contributed by atoms with Crippen LogP contribution in [0.1, 0.15) is 15.9 Å². The first-order valence-electron chi connectivity index (χ1n) is 10.1. The smallest absolute Gasteiger partial charge is 0.255 e. The zero-order valence-corrected chi connectivity index (χ0v) is 16.7. The van der Waals surface area contributed by atoms with E-state index in [-0.39, 0.29) is 11.3 Å². The van der Waals surface area contributed by atoms with Gasteiger partial charge in [0, 0.05) is 37.9 Å². The van der Waals surface area contributed by atoms with Crippen molar-refractivity contribution in [3.05, 3.63) is 72.1 Å². The standard InChI is InChI=1S/C23H21N5O2/c1-26-10-4-6-18(26)21-25-24-20-9-8-17(12-28(20)21)22(29)27-13-23(14-27)11-16-5-2-3-7-19(16)30-15-23/h2-10,12H,11,13-15H2,1H3. The number of pyridine rings is 1. The lowest BCUT2D eigenvalue weighted by Crippen LogP contribution is -2.62. The molecule has 1 aromatic carbocycles. The molecule has 5 heterocycles. The minimum atomic E-state index is 0.0267. The van der Waals surface area contributed by atoms with Crippen LogP contribution in [-0.4, -0.2) is 49.7 Å². The van der Waals surface area contributed by atoms with E-state index in [1.54, 1.807) is 0 Å². The predicted octanol–water partition coefficient (Wildman–Crippen LogP) is 2.81. The van der Waals surface area contributed by atoms with Gasteiger partial charge in [0.2, 0.25) is 0 Å². The quantitative estimate of drug-likeness (QED) is 0.520. The normalized spacial score (nSPS) is 16.9. The first-order chi connectivity index (χ1) is 14.6. The Morgan fingerprint density at radius 1 is 1.07 bits per heavy atom. The maximum absolute atomic E-state index is 13.2. The molecule has 7 nitrogen and oxygen atoms in total. The molecule has 1 amide bonds. The molecule has 0 bridgehead atoms. The van der Waals surface area contributed by atoms with Crippen molar-refractivity contribution in [1.29, 1.82) is 0 Å². The summed E-state index contributed by atoms with van der Waals surface area (Å²) >= 11 is 0. The van der Waals surface area contributed by atoms with Gasteiger partial charge in [-0.3, -0.25) is 9.20 Å². The van der Waals surface area contributed by atoms with Gasteiger partial charge in [-0.1, -0.05) is 18.2 Å². The number of rotatable bonds is 2. The lowest BCUT2D eigenvalue weighted by molar-refractivity contribution is -0.0291. The van der Waals surface area contributed by atoms with Gasteiger partial charge in [0.15, 0.2) is 11.5 Å². The minimum absolute atomic E-state index is 0.0267. The van der Waals surface area contributed by atoms with Crippen molar-refractivity contribution in [3.8, 4) is 17.3 Å². The van der Waals surface area contributed by atoms with E-state index in [0.717, 1.165) is 29.3 Å². The number of amides is 1. The Morgan fingerprint density at radius 2 is 1.93 bits per heavy atom. The predicted molar refractivity (Wildman–Crippen MR) is 111 cm³/mol. The fraction of sp³-hybridized carbons (Fsp3) is 0.261. The largest absolute Gasteiger partial charge is 0.493 e. The molecule has 7 heteroatoms. The third-order valence-corrected chi connectivity index (χ3v) is 6.23. The van der Waals surface area contributed by atoms with E-state index < -0.39 is 0 Å². The summed E-state index contributed by atoms with van der Waals surface area (Å²) in [6, 6.07) is 15.8. The molecule has 0 saturated carbocycles. The highest BCUT2D eigenvalue weighted by Gasteiger charge is 2.48. The molecule has 1 fully saturated rings.